The first-order valence-electron chi connectivity index (χ1n) is 7.81. The van der Waals surface area contributed by atoms with Crippen molar-refractivity contribution in [2.45, 2.75) is 26.2 Å². The average molecular weight is 361 g/mol. The molecular weight excluding hydrogens is 342 g/mol. The Balaban J connectivity index is 1.89. The number of carboxylic acids is 1. The summed E-state index contributed by atoms with van der Waals surface area (Å²) >= 11 is 1.38. The van der Waals surface area contributed by atoms with Gasteiger partial charge in [0, 0.05) is 5.69 Å². The third-order valence-electron chi connectivity index (χ3n) is 3.25. The number of nitrogens with one attached hydrogen (secondary N) is 2. The van der Waals surface area contributed by atoms with Crippen molar-refractivity contribution in [2.75, 3.05) is 11.9 Å². The van der Waals surface area contributed by atoms with Crippen LogP contribution in [0.5, 0.6) is 0 Å². The Morgan fingerprint density at radius 3 is 2.56 bits per heavy atom. The van der Waals surface area contributed by atoms with E-state index in [9.17, 15) is 14.4 Å². The van der Waals surface area contributed by atoms with Gasteiger partial charge < -0.3 is 15.7 Å². The maximum Gasteiger partial charge on any atom is 0.322 e. The summed E-state index contributed by atoms with van der Waals surface area (Å²) in [6.45, 7) is 1.66. The zero-order chi connectivity index (χ0) is 18.2. The van der Waals surface area contributed by atoms with E-state index in [0.717, 1.165) is 23.4 Å². The van der Waals surface area contributed by atoms with E-state index >= 15 is 0 Å². The standard InChI is InChI=1S/C17H19N3O4S/c1-2-3-15-19-9-13(25-15)17(24)20-12-6-4-11(5-7-12)8-14(21)18-10-16(22)23/h4-7,9H,2-3,8,10H2,1H3,(H,18,21)(H,20,24)(H,22,23). The summed E-state index contributed by atoms with van der Waals surface area (Å²) in [7, 11) is 0. The van der Waals surface area contributed by atoms with E-state index < -0.39 is 12.5 Å². The van der Waals surface area contributed by atoms with Gasteiger partial charge in [-0.05, 0) is 30.5 Å². The zero-order valence-corrected chi connectivity index (χ0v) is 14.6. The number of nitrogens with zero attached hydrogens (tertiary/aromatic N) is 1. The number of hydrogen-bond acceptors (Lipinski definition) is 5. The highest BCUT2D eigenvalue weighted by molar-refractivity contribution is 7.13. The molecule has 7 nitrogen and oxygen atoms in total. The van der Waals surface area contributed by atoms with Crippen LogP contribution in [0.2, 0.25) is 0 Å². The quantitative estimate of drug-likeness (QED) is 0.667. The van der Waals surface area contributed by atoms with Crippen molar-refractivity contribution < 1.29 is 19.5 Å². The van der Waals surface area contributed by atoms with Crippen molar-refractivity contribution in [3.63, 3.8) is 0 Å². The van der Waals surface area contributed by atoms with Gasteiger partial charge in [-0.3, -0.25) is 14.4 Å². The van der Waals surface area contributed by atoms with Crippen LogP contribution < -0.4 is 10.6 Å². The molecule has 2 rings (SSSR count). The number of carbonyl (C=O) groups is 3. The van der Waals surface area contributed by atoms with Gasteiger partial charge in [0.15, 0.2) is 0 Å². The highest BCUT2D eigenvalue weighted by Crippen LogP contribution is 2.17. The molecule has 3 N–H and O–H groups in total. The van der Waals surface area contributed by atoms with Gasteiger partial charge in [0.25, 0.3) is 5.91 Å². The van der Waals surface area contributed by atoms with Gasteiger partial charge in [-0.25, -0.2) is 4.98 Å². The largest absolute Gasteiger partial charge is 0.480 e. The second-order valence-electron chi connectivity index (χ2n) is 5.37. The molecule has 0 saturated heterocycles. The van der Waals surface area contributed by atoms with Gasteiger partial charge in [-0.2, -0.15) is 0 Å². The van der Waals surface area contributed by atoms with Crippen molar-refractivity contribution in [3.8, 4) is 0 Å². The number of carboxylic acid groups (broad SMARTS) is 1. The van der Waals surface area contributed by atoms with E-state index in [1.54, 1.807) is 30.5 Å². The average Bonchev–Trinajstić information content (AvgIpc) is 3.04. The molecule has 0 aliphatic rings. The Bertz CT molecular complexity index is 756. The van der Waals surface area contributed by atoms with Crippen LogP contribution in [0.4, 0.5) is 5.69 Å². The first-order valence-corrected chi connectivity index (χ1v) is 8.63. The summed E-state index contributed by atoms with van der Waals surface area (Å²) < 4.78 is 0. The van der Waals surface area contributed by atoms with E-state index in [2.05, 4.69) is 22.5 Å². The smallest absolute Gasteiger partial charge is 0.322 e. The maximum atomic E-state index is 12.2. The molecule has 0 atom stereocenters. The molecule has 2 aromatic rings. The molecule has 0 fully saturated rings. The summed E-state index contributed by atoms with van der Waals surface area (Å²) in [5, 5.41) is 14.5. The van der Waals surface area contributed by atoms with Crippen LogP contribution in [-0.2, 0) is 22.4 Å². The SMILES string of the molecule is CCCc1ncc(C(=O)Nc2ccc(CC(=O)NCC(=O)O)cc2)s1. The van der Waals surface area contributed by atoms with Crippen LogP contribution in [0.1, 0.15) is 33.6 Å². The van der Waals surface area contributed by atoms with E-state index in [0.29, 0.717) is 10.6 Å². The summed E-state index contributed by atoms with van der Waals surface area (Å²) in [6, 6.07) is 6.83. The van der Waals surface area contributed by atoms with Crippen molar-refractivity contribution in [1.82, 2.24) is 10.3 Å². The number of anilines is 1. The third-order valence-corrected chi connectivity index (χ3v) is 4.31. The lowest BCUT2D eigenvalue weighted by Gasteiger charge is -2.06. The fourth-order valence-corrected chi connectivity index (χ4v) is 2.98. The lowest BCUT2D eigenvalue weighted by Crippen LogP contribution is -2.30. The summed E-state index contributed by atoms with van der Waals surface area (Å²) in [6.07, 6.45) is 3.50. The number of aliphatic carboxylic acids is 1. The first kappa shape index (κ1) is 18.6. The molecule has 0 aliphatic heterocycles. The molecule has 1 aromatic carbocycles. The minimum atomic E-state index is -1.09. The number of carbonyl (C=O) groups excluding carboxylic acids is 2. The Labute approximate surface area is 149 Å². The van der Waals surface area contributed by atoms with Gasteiger partial charge in [-0.1, -0.05) is 19.1 Å². The molecule has 0 saturated carbocycles. The van der Waals surface area contributed by atoms with E-state index in [1.807, 2.05) is 0 Å². The minimum Gasteiger partial charge on any atom is -0.480 e. The highest BCUT2D eigenvalue weighted by Gasteiger charge is 2.11. The van der Waals surface area contributed by atoms with Crippen molar-refractivity contribution in [2.24, 2.45) is 0 Å². The van der Waals surface area contributed by atoms with Crippen LogP contribution in [0.3, 0.4) is 0 Å². The first-order chi connectivity index (χ1) is 12.0. The molecule has 1 heterocycles. The van der Waals surface area contributed by atoms with Crippen LogP contribution >= 0.6 is 11.3 Å². The fraction of sp³-hybridized carbons (Fsp3) is 0.294. The predicted molar refractivity (Wildman–Crippen MR) is 94.9 cm³/mol. The lowest BCUT2D eigenvalue weighted by atomic mass is 10.1. The van der Waals surface area contributed by atoms with E-state index in [-0.39, 0.29) is 18.2 Å². The summed E-state index contributed by atoms with van der Waals surface area (Å²) in [5.41, 5.74) is 1.34. The second kappa shape index (κ2) is 8.93. The number of benzene rings is 1. The molecule has 0 spiro atoms. The molecule has 2 amide bonds. The third kappa shape index (κ3) is 6.00. The number of thiazole rings is 1. The van der Waals surface area contributed by atoms with E-state index in [1.165, 1.54) is 11.3 Å². The number of aryl methyl sites for hydroxylation is 1. The molecule has 132 valence electrons. The summed E-state index contributed by atoms with van der Waals surface area (Å²) in [5.74, 6) is -1.67. The molecule has 8 heteroatoms. The van der Waals surface area contributed by atoms with Crippen LogP contribution in [0.15, 0.2) is 30.5 Å². The number of amides is 2. The Morgan fingerprint density at radius 2 is 1.92 bits per heavy atom. The van der Waals surface area contributed by atoms with Gasteiger partial charge >= 0.3 is 5.97 Å². The molecule has 0 bridgehead atoms. The van der Waals surface area contributed by atoms with E-state index in [4.69, 9.17) is 5.11 Å². The number of aromatic nitrogens is 1. The fourth-order valence-electron chi connectivity index (χ4n) is 2.07. The van der Waals surface area contributed by atoms with Crippen molar-refractivity contribution >= 4 is 34.8 Å². The molecule has 25 heavy (non-hydrogen) atoms. The van der Waals surface area contributed by atoms with Gasteiger partial charge in [-0.15, -0.1) is 11.3 Å². The maximum absolute atomic E-state index is 12.2. The normalized spacial score (nSPS) is 10.3. The Hall–Kier alpha value is -2.74. The molecule has 0 radical (unpaired) electrons. The van der Waals surface area contributed by atoms with Gasteiger partial charge in [0.2, 0.25) is 5.91 Å². The van der Waals surface area contributed by atoms with Crippen molar-refractivity contribution in [1.29, 1.82) is 0 Å². The number of hydrogen-bond donors (Lipinski definition) is 3. The van der Waals surface area contributed by atoms with Crippen LogP contribution in [0.25, 0.3) is 0 Å². The monoisotopic (exact) mass is 361 g/mol. The number of rotatable bonds is 8. The lowest BCUT2D eigenvalue weighted by molar-refractivity contribution is -0.137. The van der Waals surface area contributed by atoms with Gasteiger partial charge in [0.1, 0.15) is 11.4 Å². The molecule has 0 unspecified atom stereocenters. The van der Waals surface area contributed by atoms with Gasteiger partial charge in [0.05, 0.1) is 17.6 Å². The molecule has 0 aliphatic carbocycles. The predicted octanol–water partition coefficient (Wildman–Crippen LogP) is 2.09. The minimum absolute atomic E-state index is 0.0801. The second-order valence-corrected chi connectivity index (χ2v) is 6.48. The zero-order valence-electron chi connectivity index (χ0n) is 13.7. The Morgan fingerprint density at radius 1 is 1.20 bits per heavy atom. The van der Waals surface area contributed by atoms with Crippen LogP contribution in [-0.4, -0.2) is 34.4 Å². The van der Waals surface area contributed by atoms with Crippen molar-refractivity contribution in [3.05, 3.63) is 45.9 Å². The topological polar surface area (TPSA) is 108 Å². The molecule has 1 aromatic heterocycles. The highest BCUT2D eigenvalue weighted by atomic mass is 32.1. The van der Waals surface area contributed by atoms with Crippen LogP contribution in [0, 0.1) is 0 Å². The molecular formula is C17H19N3O4S. The Kier molecular flexibility index (Phi) is 6.64. The summed E-state index contributed by atoms with van der Waals surface area (Å²) in [4.78, 5) is 38.9.